The van der Waals surface area contributed by atoms with Crippen molar-refractivity contribution in [2.75, 3.05) is 0 Å². The maximum atomic E-state index is 13.7. The van der Waals surface area contributed by atoms with Gasteiger partial charge in [-0.2, -0.15) is 0 Å². The Morgan fingerprint density at radius 1 is 0.750 bits per heavy atom. The highest BCUT2D eigenvalue weighted by molar-refractivity contribution is 6.07. The first-order valence-corrected chi connectivity index (χ1v) is 9.61. The second-order valence-corrected chi connectivity index (χ2v) is 7.03. The van der Waals surface area contributed by atoms with Crippen molar-refractivity contribution in [1.29, 1.82) is 0 Å². The van der Waals surface area contributed by atoms with Gasteiger partial charge in [-0.05, 0) is 34.9 Å². The molecule has 0 heterocycles. The van der Waals surface area contributed by atoms with Gasteiger partial charge in [-0.15, -0.1) is 0 Å². The molecule has 0 spiro atoms. The molecule has 4 aromatic rings. The van der Waals surface area contributed by atoms with E-state index in [0.29, 0.717) is 6.54 Å². The highest BCUT2D eigenvalue weighted by Crippen LogP contribution is 2.27. The molecule has 0 aliphatic carbocycles. The Hall–Kier alpha value is -3.39. The van der Waals surface area contributed by atoms with Crippen molar-refractivity contribution in [1.82, 2.24) is 4.90 Å². The van der Waals surface area contributed by atoms with E-state index in [0.717, 1.165) is 27.5 Å². The minimum atomic E-state index is -0.0344. The topological polar surface area (TPSA) is 20.3 Å². The Morgan fingerprint density at radius 2 is 1.36 bits per heavy atom. The Balaban J connectivity index is 1.76. The number of carbonyl (C=O) groups is 1. The normalized spacial score (nSPS) is 11.9. The van der Waals surface area contributed by atoms with Crippen LogP contribution in [-0.2, 0) is 6.54 Å². The molecule has 0 aliphatic rings. The fourth-order valence-corrected chi connectivity index (χ4v) is 3.64. The molecule has 0 saturated heterocycles. The molecule has 1 amide bonds. The van der Waals surface area contributed by atoms with Crippen LogP contribution in [0, 0.1) is 0 Å². The molecule has 0 bridgehead atoms. The Morgan fingerprint density at radius 3 is 2.11 bits per heavy atom. The fourth-order valence-electron chi connectivity index (χ4n) is 3.64. The van der Waals surface area contributed by atoms with Gasteiger partial charge in [0.2, 0.25) is 0 Å². The largest absolute Gasteiger partial charge is 0.328 e. The average molecular weight is 365 g/mol. The first kappa shape index (κ1) is 18.0. The summed E-state index contributed by atoms with van der Waals surface area (Å²) in [7, 11) is 0. The molecule has 2 heteroatoms. The zero-order valence-corrected chi connectivity index (χ0v) is 16.0. The monoisotopic (exact) mass is 365 g/mol. The second kappa shape index (κ2) is 8.10. The quantitative estimate of drug-likeness (QED) is 0.410. The van der Waals surface area contributed by atoms with Crippen molar-refractivity contribution >= 4 is 16.7 Å². The first-order valence-electron chi connectivity index (χ1n) is 9.61. The molecule has 1 atom stereocenters. The second-order valence-electron chi connectivity index (χ2n) is 7.03. The lowest BCUT2D eigenvalue weighted by atomic mass is 10.0. The maximum Gasteiger partial charge on any atom is 0.255 e. The molecule has 0 radical (unpaired) electrons. The van der Waals surface area contributed by atoms with E-state index in [4.69, 9.17) is 0 Å². The predicted molar refractivity (Wildman–Crippen MR) is 115 cm³/mol. The van der Waals surface area contributed by atoms with Crippen LogP contribution in [0.1, 0.15) is 34.5 Å². The number of hydrogen-bond donors (Lipinski definition) is 0. The molecule has 4 rings (SSSR count). The maximum absolute atomic E-state index is 13.7. The van der Waals surface area contributed by atoms with Crippen LogP contribution in [-0.4, -0.2) is 10.8 Å². The van der Waals surface area contributed by atoms with Crippen LogP contribution in [0.2, 0.25) is 0 Å². The van der Waals surface area contributed by atoms with Crippen LogP contribution >= 0.6 is 0 Å². The van der Waals surface area contributed by atoms with Crippen LogP contribution < -0.4 is 0 Å². The lowest BCUT2D eigenvalue weighted by Crippen LogP contribution is -2.33. The standard InChI is InChI=1S/C26H23NO/c1-20(22-13-6-3-7-14-22)27(19-21-11-4-2-5-12-21)26(28)25-18-10-16-23-15-8-9-17-24(23)25/h2-18,20H,19H2,1H3/t20-/m0/s1. The molecule has 28 heavy (non-hydrogen) atoms. The van der Waals surface area contributed by atoms with Gasteiger partial charge in [0.1, 0.15) is 0 Å². The van der Waals surface area contributed by atoms with Crippen molar-refractivity contribution in [3.8, 4) is 0 Å². The van der Waals surface area contributed by atoms with E-state index < -0.39 is 0 Å². The van der Waals surface area contributed by atoms with Crippen molar-refractivity contribution in [3.63, 3.8) is 0 Å². The number of nitrogens with zero attached hydrogens (tertiary/aromatic N) is 1. The summed E-state index contributed by atoms with van der Waals surface area (Å²) in [6.07, 6.45) is 0. The third-order valence-electron chi connectivity index (χ3n) is 5.23. The lowest BCUT2D eigenvalue weighted by molar-refractivity contribution is 0.0676. The summed E-state index contributed by atoms with van der Waals surface area (Å²) in [5.74, 6) is 0.0528. The number of fused-ring (bicyclic) bond motifs is 1. The average Bonchev–Trinajstić information content (AvgIpc) is 2.77. The molecule has 0 fully saturated rings. The van der Waals surface area contributed by atoms with Crippen LogP contribution in [0.4, 0.5) is 0 Å². The SMILES string of the molecule is C[C@@H](c1ccccc1)N(Cc1ccccc1)C(=O)c1cccc2ccccc12. The van der Waals surface area contributed by atoms with Gasteiger partial charge in [0.25, 0.3) is 5.91 Å². The molecular weight excluding hydrogens is 342 g/mol. The first-order chi connectivity index (χ1) is 13.7. The van der Waals surface area contributed by atoms with Crippen LogP contribution in [0.15, 0.2) is 103 Å². The van der Waals surface area contributed by atoms with Gasteiger partial charge in [-0.25, -0.2) is 0 Å². The van der Waals surface area contributed by atoms with Crippen molar-refractivity contribution in [2.24, 2.45) is 0 Å². The van der Waals surface area contributed by atoms with E-state index in [1.807, 2.05) is 83.8 Å². The van der Waals surface area contributed by atoms with Gasteiger partial charge in [0.15, 0.2) is 0 Å². The number of amides is 1. The minimum Gasteiger partial charge on any atom is -0.328 e. The Bertz CT molecular complexity index is 1070. The van der Waals surface area contributed by atoms with Gasteiger partial charge in [0.05, 0.1) is 6.04 Å². The number of hydrogen-bond acceptors (Lipinski definition) is 1. The van der Waals surface area contributed by atoms with E-state index in [-0.39, 0.29) is 11.9 Å². The molecule has 4 aromatic carbocycles. The van der Waals surface area contributed by atoms with Crippen LogP contribution in [0.25, 0.3) is 10.8 Å². The fraction of sp³-hybridized carbons (Fsp3) is 0.115. The lowest BCUT2D eigenvalue weighted by Gasteiger charge is -2.30. The van der Waals surface area contributed by atoms with Gasteiger partial charge in [0, 0.05) is 12.1 Å². The van der Waals surface area contributed by atoms with Crippen molar-refractivity contribution < 1.29 is 4.79 Å². The van der Waals surface area contributed by atoms with Gasteiger partial charge in [-0.1, -0.05) is 97.1 Å². The van der Waals surface area contributed by atoms with E-state index in [2.05, 4.69) is 31.2 Å². The highest BCUT2D eigenvalue weighted by Gasteiger charge is 2.24. The Labute approximate surface area is 166 Å². The summed E-state index contributed by atoms with van der Waals surface area (Å²) in [6.45, 7) is 2.67. The third kappa shape index (κ3) is 3.67. The summed E-state index contributed by atoms with van der Waals surface area (Å²) in [5.41, 5.74) is 3.00. The molecule has 0 aliphatic heterocycles. The Kier molecular flexibility index (Phi) is 5.20. The van der Waals surface area contributed by atoms with E-state index in [9.17, 15) is 4.79 Å². The summed E-state index contributed by atoms with van der Waals surface area (Å²) in [6, 6.07) is 34.4. The zero-order chi connectivity index (χ0) is 19.3. The molecule has 2 nitrogen and oxygen atoms in total. The summed E-state index contributed by atoms with van der Waals surface area (Å²) in [5, 5.41) is 2.08. The third-order valence-corrected chi connectivity index (χ3v) is 5.23. The highest BCUT2D eigenvalue weighted by atomic mass is 16.2. The zero-order valence-electron chi connectivity index (χ0n) is 16.0. The molecule has 0 aromatic heterocycles. The number of benzene rings is 4. The summed E-state index contributed by atoms with van der Waals surface area (Å²) < 4.78 is 0. The van der Waals surface area contributed by atoms with Crippen LogP contribution in [0.3, 0.4) is 0 Å². The molecule has 0 saturated carbocycles. The minimum absolute atomic E-state index is 0.0344. The van der Waals surface area contributed by atoms with Gasteiger partial charge in [-0.3, -0.25) is 4.79 Å². The van der Waals surface area contributed by atoms with E-state index in [1.54, 1.807) is 0 Å². The number of carbonyl (C=O) groups excluding carboxylic acids is 1. The molecule has 0 N–H and O–H groups in total. The smallest absolute Gasteiger partial charge is 0.255 e. The van der Waals surface area contributed by atoms with E-state index in [1.165, 1.54) is 0 Å². The van der Waals surface area contributed by atoms with Crippen LogP contribution in [0.5, 0.6) is 0 Å². The molecule has 0 unspecified atom stereocenters. The molecule has 138 valence electrons. The van der Waals surface area contributed by atoms with Gasteiger partial charge >= 0.3 is 0 Å². The molecular formula is C26H23NO. The van der Waals surface area contributed by atoms with Crippen molar-refractivity contribution in [3.05, 3.63) is 120 Å². The summed E-state index contributed by atoms with van der Waals surface area (Å²) >= 11 is 0. The summed E-state index contributed by atoms with van der Waals surface area (Å²) in [4.78, 5) is 15.7. The predicted octanol–water partition coefficient (Wildman–Crippen LogP) is 6.24. The van der Waals surface area contributed by atoms with Crippen molar-refractivity contribution in [2.45, 2.75) is 19.5 Å². The van der Waals surface area contributed by atoms with Gasteiger partial charge < -0.3 is 4.90 Å². The van der Waals surface area contributed by atoms with E-state index >= 15 is 0 Å². The number of rotatable bonds is 5.